The maximum Gasteiger partial charge on any atom is 0.273 e. The Balaban J connectivity index is 1.59. The van der Waals surface area contributed by atoms with Crippen LogP contribution >= 0.6 is 11.3 Å². The second-order valence-electron chi connectivity index (χ2n) is 4.67. The van der Waals surface area contributed by atoms with E-state index in [9.17, 15) is 4.79 Å². The van der Waals surface area contributed by atoms with Gasteiger partial charge in [0.25, 0.3) is 5.91 Å². The average Bonchev–Trinajstić information content (AvgIpc) is 3.17. The van der Waals surface area contributed by atoms with Crippen LogP contribution in [-0.4, -0.2) is 39.0 Å². The van der Waals surface area contributed by atoms with Gasteiger partial charge in [-0.25, -0.2) is 9.67 Å². The average molecular weight is 292 g/mol. The smallest absolute Gasteiger partial charge is 0.273 e. The van der Waals surface area contributed by atoms with E-state index in [1.807, 2.05) is 5.38 Å². The molecule has 2 aromatic heterocycles. The highest BCUT2D eigenvalue weighted by Crippen LogP contribution is 2.17. The Morgan fingerprint density at radius 2 is 2.35 bits per heavy atom. The molecule has 1 saturated heterocycles. The molecule has 0 atom stereocenters. The van der Waals surface area contributed by atoms with Crippen LogP contribution in [0.15, 0.2) is 17.8 Å². The number of carbonyl (C=O) groups excluding carboxylic acids is 1. The largest absolute Gasteiger partial charge is 0.344 e. The maximum absolute atomic E-state index is 12.0. The molecule has 0 saturated carbocycles. The summed E-state index contributed by atoms with van der Waals surface area (Å²) in [6.45, 7) is 2.39. The summed E-state index contributed by atoms with van der Waals surface area (Å²) in [6.07, 6.45) is 5.49. The highest BCUT2D eigenvalue weighted by atomic mass is 32.1. The molecule has 8 heteroatoms. The number of piperidine rings is 1. The molecule has 1 aliphatic rings. The summed E-state index contributed by atoms with van der Waals surface area (Å²) >= 11 is 1.51. The Morgan fingerprint density at radius 3 is 3.10 bits per heavy atom. The molecular formula is C12H16N6OS. The first kappa shape index (κ1) is 13.2. The van der Waals surface area contributed by atoms with Crippen LogP contribution in [0.25, 0.3) is 0 Å². The maximum atomic E-state index is 12.0. The van der Waals surface area contributed by atoms with Crippen molar-refractivity contribution < 1.29 is 4.79 Å². The van der Waals surface area contributed by atoms with Crippen LogP contribution in [0.4, 0.5) is 0 Å². The lowest BCUT2D eigenvalue weighted by Gasteiger charge is -2.22. The van der Waals surface area contributed by atoms with Crippen LogP contribution in [-0.2, 0) is 6.54 Å². The molecule has 7 nitrogen and oxygen atoms in total. The Kier molecular flexibility index (Phi) is 4.03. The van der Waals surface area contributed by atoms with Crippen molar-refractivity contribution in [2.45, 2.75) is 25.4 Å². The molecule has 0 aliphatic carbocycles. The van der Waals surface area contributed by atoms with E-state index in [1.165, 1.54) is 11.3 Å². The summed E-state index contributed by atoms with van der Waals surface area (Å²) in [5, 5.41) is 16.9. The minimum absolute atomic E-state index is 0.208. The third-order valence-electron chi connectivity index (χ3n) is 3.31. The zero-order valence-electron chi connectivity index (χ0n) is 11.0. The van der Waals surface area contributed by atoms with Gasteiger partial charge in [-0.05, 0) is 25.9 Å². The predicted octanol–water partition coefficient (Wildman–Crippen LogP) is 0.589. The quantitative estimate of drug-likeness (QED) is 0.861. The van der Waals surface area contributed by atoms with Gasteiger partial charge >= 0.3 is 0 Å². The predicted molar refractivity (Wildman–Crippen MR) is 74.4 cm³/mol. The van der Waals surface area contributed by atoms with Crippen molar-refractivity contribution in [2.75, 3.05) is 13.1 Å². The van der Waals surface area contributed by atoms with Crippen LogP contribution in [0.2, 0.25) is 0 Å². The summed E-state index contributed by atoms with van der Waals surface area (Å²) in [5.74, 6) is -0.208. The molecule has 0 spiro atoms. The number of carbonyl (C=O) groups is 1. The molecule has 0 bridgehead atoms. The van der Waals surface area contributed by atoms with E-state index in [4.69, 9.17) is 0 Å². The number of amides is 1. The summed E-state index contributed by atoms with van der Waals surface area (Å²) in [6, 6.07) is 0.337. The molecule has 0 unspecified atom stereocenters. The minimum atomic E-state index is -0.208. The first-order valence-electron chi connectivity index (χ1n) is 6.62. The van der Waals surface area contributed by atoms with Gasteiger partial charge in [-0.15, -0.1) is 16.4 Å². The fourth-order valence-electron chi connectivity index (χ4n) is 2.22. The Hall–Kier alpha value is -1.80. The Labute approximate surface area is 120 Å². The molecule has 2 aromatic rings. The number of thiazole rings is 1. The number of aromatic nitrogens is 4. The van der Waals surface area contributed by atoms with Gasteiger partial charge in [0.2, 0.25) is 0 Å². The number of nitrogens with one attached hydrogen (secondary N) is 2. The zero-order valence-corrected chi connectivity index (χ0v) is 11.8. The van der Waals surface area contributed by atoms with Gasteiger partial charge in [0, 0.05) is 11.6 Å². The second-order valence-corrected chi connectivity index (χ2v) is 5.65. The van der Waals surface area contributed by atoms with Gasteiger partial charge < -0.3 is 10.6 Å². The fraction of sp³-hybridized carbons (Fsp3) is 0.500. The number of rotatable bonds is 4. The second kappa shape index (κ2) is 6.10. The molecule has 20 heavy (non-hydrogen) atoms. The van der Waals surface area contributed by atoms with E-state index < -0.39 is 0 Å². The van der Waals surface area contributed by atoms with Crippen molar-refractivity contribution in [1.82, 2.24) is 30.6 Å². The van der Waals surface area contributed by atoms with E-state index in [1.54, 1.807) is 17.1 Å². The van der Waals surface area contributed by atoms with Gasteiger partial charge in [0.1, 0.15) is 5.01 Å². The lowest BCUT2D eigenvalue weighted by molar-refractivity contribution is 0.0945. The van der Waals surface area contributed by atoms with Gasteiger partial charge in [-0.2, -0.15) is 0 Å². The standard InChI is InChI=1S/C12H16N6OS/c19-12(15-7-11-14-5-6-20-11)10-8-18(17-16-10)9-1-3-13-4-2-9/h5-6,8-9,13H,1-4,7H2,(H,15,19). The summed E-state index contributed by atoms with van der Waals surface area (Å²) in [7, 11) is 0. The first-order valence-corrected chi connectivity index (χ1v) is 7.50. The van der Waals surface area contributed by atoms with Crippen molar-refractivity contribution in [3.63, 3.8) is 0 Å². The highest BCUT2D eigenvalue weighted by molar-refractivity contribution is 7.09. The topological polar surface area (TPSA) is 84.7 Å². The van der Waals surface area contributed by atoms with E-state index in [0.717, 1.165) is 30.9 Å². The van der Waals surface area contributed by atoms with Crippen molar-refractivity contribution in [3.05, 3.63) is 28.5 Å². The van der Waals surface area contributed by atoms with E-state index >= 15 is 0 Å². The molecule has 106 valence electrons. The lowest BCUT2D eigenvalue weighted by Crippen LogP contribution is -2.29. The van der Waals surface area contributed by atoms with Crippen LogP contribution < -0.4 is 10.6 Å². The molecule has 0 radical (unpaired) electrons. The van der Waals surface area contributed by atoms with Crippen LogP contribution in [0.3, 0.4) is 0 Å². The van der Waals surface area contributed by atoms with E-state index in [2.05, 4.69) is 25.9 Å². The van der Waals surface area contributed by atoms with Gasteiger partial charge in [0.15, 0.2) is 5.69 Å². The van der Waals surface area contributed by atoms with Crippen LogP contribution in [0, 0.1) is 0 Å². The van der Waals surface area contributed by atoms with Crippen LogP contribution in [0.1, 0.15) is 34.4 Å². The Bertz CT molecular complexity index is 560. The van der Waals surface area contributed by atoms with Gasteiger partial charge in [0.05, 0.1) is 18.8 Å². The lowest BCUT2D eigenvalue weighted by atomic mass is 10.1. The molecule has 1 fully saturated rings. The Morgan fingerprint density at radius 1 is 1.50 bits per heavy atom. The molecule has 1 amide bonds. The number of hydrogen-bond acceptors (Lipinski definition) is 6. The van der Waals surface area contributed by atoms with Crippen LogP contribution in [0.5, 0.6) is 0 Å². The van der Waals surface area contributed by atoms with E-state index in [0.29, 0.717) is 18.3 Å². The minimum Gasteiger partial charge on any atom is -0.344 e. The van der Waals surface area contributed by atoms with Crippen molar-refractivity contribution >= 4 is 17.2 Å². The van der Waals surface area contributed by atoms with Gasteiger partial charge in [-0.3, -0.25) is 4.79 Å². The number of hydrogen-bond donors (Lipinski definition) is 2. The fourth-order valence-corrected chi connectivity index (χ4v) is 2.77. The van der Waals surface area contributed by atoms with Crippen molar-refractivity contribution in [1.29, 1.82) is 0 Å². The summed E-state index contributed by atoms with van der Waals surface area (Å²) in [5.41, 5.74) is 0.361. The third-order valence-corrected chi connectivity index (χ3v) is 4.09. The highest BCUT2D eigenvalue weighted by Gasteiger charge is 2.18. The monoisotopic (exact) mass is 292 g/mol. The number of nitrogens with zero attached hydrogens (tertiary/aromatic N) is 4. The van der Waals surface area contributed by atoms with Crippen molar-refractivity contribution in [3.8, 4) is 0 Å². The van der Waals surface area contributed by atoms with E-state index in [-0.39, 0.29) is 5.91 Å². The molecule has 2 N–H and O–H groups in total. The van der Waals surface area contributed by atoms with Gasteiger partial charge in [-0.1, -0.05) is 5.21 Å². The zero-order chi connectivity index (χ0) is 13.8. The molecule has 1 aliphatic heterocycles. The van der Waals surface area contributed by atoms with Crippen molar-refractivity contribution in [2.24, 2.45) is 0 Å². The summed E-state index contributed by atoms with van der Waals surface area (Å²) < 4.78 is 1.80. The third kappa shape index (κ3) is 3.02. The first-order chi connectivity index (χ1) is 9.83. The molecule has 0 aromatic carbocycles. The molecule has 3 rings (SSSR count). The SMILES string of the molecule is O=C(NCc1nccs1)c1cn(C2CCNCC2)nn1. The normalized spacial score (nSPS) is 16.2. The molecular weight excluding hydrogens is 276 g/mol. The molecule has 3 heterocycles. The summed E-state index contributed by atoms with van der Waals surface area (Å²) in [4.78, 5) is 16.1.